The molecule has 6 fully saturated rings. The van der Waals surface area contributed by atoms with Crippen molar-refractivity contribution in [1.29, 1.82) is 0 Å². The Bertz CT molecular complexity index is 958. The number of quaternary nitrogens is 1. The van der Waals surface area contributed by atoms with Crippen LogP contribution in [-0.4, -0.2) is 78.8 Å². The Kier molecular flexibility index (Phi) is 7.85. The van der Waals surface area contributed by atoms with Crippen molar-refractivity contribution in [2.24, 2.45) is 34.5 Å². The van der Waals surface area contributed by atoms with Gasteiger partial charge in [-0.05, 0) is 113 Å². The summed E-state index contributed by atoms with van der Waals surface area (Å²) in [5.74, 6) is 2.50. The van der Waals surface area contributed by atoms with E-state index in [9.17, 15) is 9.59 Å². The van der Waals surface area contributed by atoms with Gasteiger partial charge in [0.25, 0.3) is 0 Å². The lowest BCUT2D eigenvalue weighted by atomic mass is 9.44. The van der Waals surface area contributed by atoms with E-state index in [0.29, 0.717) is 35.3 Å². The Hall–Kier alpha value is -1.14. The first kappa shape index (κ1) is 29.0. The molecule has 226 valence electrons. The summed E-state index contributed by atoms with van der Waals surface area (Å²) in [7, 11) is 2.47. The maximum absolute atomic E-state index is 12.5. The van der Waals surface area contributed by atoms with Gasteiger partial charge in [0, 0.05) is 31.7 Å². The van der Waals surface area contributed by atoms with Crippen molar-refractivity contribution in [2.45, 2.75) is 135 Å². The van der Waals surface area contributed by atoms with E-state index in [2.05, 4.69) is 25.8 Å². The fourth-order valence-corrected chi connectivity index (χ4v) is 11.7. The van der Waals surface area contributed by atoms with Crippen LogP contribution in [0.3, 0.4) is 0 Å². The molecular weight excluding hydrogens is 500 g/mol. The van der Waals surface area contributed by atoms with Crippen molar-refractivity contribution >= 4 is 11.9 Å². The standard InChI is InChI=1S/C34H57N2O4/c1-23(37)39-31-20-25-12-13-26-27(34(25,4)22-29(31)35-16-8-6-9-17-35)14-15-33(3)28(26)21-30(32(33)40-24(2)38)36(5)18-10-7-11-19-36/h25-32H,6-22H2,1-5H3/q+1/t25?,26-,27-,28+,29?,30?,31?,32?,33+,34+/m1/s1. The molecule has 6 rings (SSSR count). The number of hydrogen-bond acceptors (Lipinski definition) is 5. The van der Waals surface area contributed by atoms with Gasteiger partial charge in [0.05, 0.1) is 20.1 Å². The molecule has 6 nitrogen and oxygen atoms in total. The molecule has 0 aromatic carbocycles. The molecule has 0 aromatic heterocycles. The molecule has 4 saturated carbocycles. The predicted octanol–water partition coefficient (Wildman–Crippen LogP) is 5.97. The number of hydrogen-bond donors (Lipinski definition) is 0. The van der Waals surface area contributed by atoms with Gasteiger partial charge in [-0.2, -0.15) is 0 Å². The van der Waals surface area contributed by atoms with Crippen molar-refractivity contribution in [3.8, 4) is 0 Å². The Morgan fingerprint density at radius 1 is 0.800 bits per heavy atom. The van der Waals surface area contributed by atoms with Gasteiger partial charge < -0.3 is 14.0 Å². The van der Waals surface area contributed by atoms with Crippen molar-refractivity contribution < 1.29 is 23.5 Å². The van der Waals surface area contributed by atoms with E-state index >= 15 is 0 Å². The highest BCUT2D eigenvalue weighted by Crippen LogP contribution is 2.67. The van der Waals surface area contributed by atoms with E-state index < -0.39 is 0 Å². The van der Waals surface area contributed by atoms with Crippen LogP contribution in [0.1, 0.15) is 111 Å². The van der Waals surface area contributed by atoms with Gasteiger partial charge in [-0.15, -0.1) is 0 Å². The largest absolute Gasteiger partial charge is 0.461 e. The topological polar surface area (TPSA) is 55.8 Å². The van der Waals surface area contributed by atoms with Crippen LogP contribution in [0.2, 0.25) is 0 Å². The van der Waals surface area contributed by atoms with Gasteiger partial charge >= 0.3 is 11.9 Å². The second-order valence-corrected chi connectivity index (χ2v) is 15.8. The van der Waals surface area contributed by atoms with Crippen molar-refractivity contribution in [3.63, 3.8) is 0 Å². The quantitative estimate of drug-likeness (QED) is 0.315. The summed E-state index contributed by atoms with van der Waals surface area (Å²) in [5.41, 5.74) is 0.377. The van der Waals surface area contributed by atoms with Gasteiger partial charge in [0.1, 0.15) is 12.1 Å². The van der Waals surface area contributed by atoms with Crippen molar-refractivity contribution in [1.82, 2.24) is 4.90 Å². The summed E-state index contributed by atoms with van der Waals surface area (Å²) in [5, 5.41) is 0. The lowest BCUT2D eigenvalue weighted by Crippen LogP contribution is -2.61. The number of carbonyl (C=O) groups is 2. The highest BCUT2D eigenvalue weighted by atomic mass is 16.5. The zero-order chi connectivity index (χ0) is 28.3. The molecule has 5 unspecified atom stereocenters. The smallest absolute Gasteiger partial charge is 0.303 e. The average molecular weight is 558 g/mol. The number of likely N-dealkylation sites (N-methyl/N-ethyl adjacent to an activating group) is 1. The van der Waals surface area contributed by atoms with E-state index in [-0.39, 0.29) is 29.6 Å². The Morgan fingerprint density at radius 3 is 2.15 bits per heavy atom. The van der Waals surface area contributed by atoms with Gasteiger partial charge in [0.2, 0.25) is 0 Å². The molecule has 0 N–H and O–H groups in total. The molecule has 0 spiro atoms. The van der Waals surface area contributed by atoms with Crippen molar-refractivity contribution in [2.75, 3.05) is 33.2 Å². The minimum absolute atomic E-state index is 0.0466. The Balaban J connectivity index is 1.29. The summed E-state index contributed by atoms with van der Waals surface area (Å²) in [6.07, 6.45) is 16.3. The van der Waals surface area contributed by atoms with Gasteiger partial charge in [0.15, 0.2) is 6.10 Å². The van der Waals surface area contributed by atoms with E-state index in [1.165, 1.54) is 90.1 Å². The second kappa shape index (κ2) is 10.8. The van der Waals surface area contributed by atoms with Crippen LogP contribution in [0.5, 0.6) is 0 Å². The van der Waals surface area contributed by atoms with Crippen LogP contribution in [0.4, 0.5) is 0 Å². The van der Waals surface area contributed by atoms with E-state index in [1.54, 1.807) is 13.8 Å². The number of esters is 2. The number of fused-ring (bicyclic) bond motifs is 5. The van der Waals surface area contributed by atoms with Crippen molar-refractivity contribution in [3.05, 3.63) is 0 Å². The maximum Gasteiger partial charge on any atom is 0.303 e. The molecule has 0 aromatic rings. The number of ether oxygens (including phenoxy) is 2. The lowest BCUT2D eigenvalue weighted by molar-refractivity contribution is -0.940. The van der Waals surface area contributed by atoms with E-state index in [0.717, 1.165) is 29.9 Å². The third-order valence-corrected chi connectivity index (χ3v) is 13.7. The Morgan fingerprint density at radius 2 is 1.48 bits per heavy atom. The van der Waals surface area contributed by atoms with Crippen LogP contribution in [0.25, 0.3) is 0 Å². The molecule has 4 aliphatic carbocycles. The summed E-state index contributed by atoms with van der Waals surface area (Å²) in [4.78, 5) is 27.4. The molecule has 10 atom stereocenters. The average Bonchev–Trinajstić information content (AvgIpc) is 3.21. The number of piperidine rings is 2. The van der Waals surface area contributed by atoms with Gasteiger partial charge in [-0.3, -0.25) is 14.5 Å². The predicted molar refractivity (Wildman–Crippen MR) is 156 cm³/mol. The SMILES string of the molecule is CC(=O)OC1CC2CC[C@@H]3[C@@H](CC[C@]4(C)C(OC(C)=O)C([N+]5(C)CCCCC5)C[C@@H]34)[C@@]2(C)CC1N1CCCCC1. The first-order valence-electron chi connectivity index (χ1n) is 17.0. The molecule has 6 aliphatic rings. The number of carbonyl (C=O) groups excluding carboxylic acids is 2. The van der Waals surface area contributed by atoms with Crippen LogP contribution in [0, 0.1) is 34.5 Å². The second-order valence-electron chi connectivity index (χ2n) is 15.8. The third-order valence-electron chi connectivity index (χ3n) is 13.7. The normalized spacial score (nSPS) is 46.9. The molecule has 6 heteroatoms. The fourth-order valence-electron chi connectivity index (χ4n) is 11.7. The molecule has 0 bridgehead atoms. The number of rotatable bonds is 4. The zero-order valence-electron chi connectivity index (χ0n) is 26.2. The lowest BCUT2D eigenvalue weighted by Gasteiger charge is -2.62. The molecular formula is C34H57N2O4+. The molecule has 2 aliphatic heterocycles. The monoisotopic (exact) mass is 557 g/mol. The maximum atomic E-state index is 12.5. The van der Waals surface area contributed by atoms with Crippen LogP contribution >= 0.6 is 0 Å². The first-order valence-corrected chi connectivity index (χ1v) is 17.0. The number of likely N-dealkylation sites (tertiary alicyclic amines) is 2. The Labute approximate surface area is 243 Å². The van der Waals surface area contributed by atoms with E-state index in [4.69, 9.17) is 9.47 Å². The molecule has 40 heavy (non-hydrogen) atoms. The van der Waals surface area contributed by atoms with Crippen LogP contribution < -0.4 is 0 Å². The third kappa shape index (κ3) is 4.85. The number of nitrogens with zero attached hydrogens (tertiary/aromatic N) is 2. The molecule has 0 amide bonds. The fraction of sp³-hybridized carbons (Fsp3) is 0.941. The summed E-state index contributed by atoms with van der Waals surface area (Å²) in [6, 6.07) is 0.796. The van der Waals surface area contributed by atoms with Gasteiger partial charge in [-0.1, -0.05) is 20.3 Å². The minimum Gasteiger partial charge on any atom is -0.461 e. The van der Waals surface area contributed by atoms with Crippen LogP contribution in [0.15, 0.2) is 0 Å². The summed E-state index contributed by atoms with van der Waals surface area (Å²) >= 11 is 0. The minimum atomic E-state index is -0.111. The highest BCUT2D eigenvalue weighted by Gasteiger charge is 2.67. The highest BCUT2D eigenvalue weighted by molar-refractivity contribution is 5.66. The molecule has 2 heterocycles. The van der Waals surface area contributed by atoms with Gasteiger partial charge in [-0.25, -0.2) is 0 Å². The summed E-state index contributed by atoms with van der Waals surface area (Å²) < 4.78 is 13.5. The first-order chi connectivity index (χ1) is 19.0. The van der Waals surface area contributed by atoms with E-state index in [1.807, 2.05) is 0 Å². The molecule has 2 saturated heterocycles. The van der Waals surface area contributed by atoms with Crippen LogP contribution in [-0.2, 0) is 19.1 Å². The summed E-state index contributed by atoms with van der Waals surface area (Å²) in [6.45, 7) is 13.1. The molecule has 0 radical (unpaired) electrons. The zero-order valence-corrected chi connectivity index (χ0v) is 26.2.